The van der Waals surface area contributed by atoms with Gasteiger partial charge in [-0.2, -0.15) is 0 Å². The van der Waals surface area contributed by atoms with Gasteiger partial charge in [0.25, 0.3) is 0 Å². The van der Waals surface area contributed by atoms with Crippen LogP contribution in [0.4, 0.5) is 0 Å². The van der Waals surface area contributed by atoms with Crippen LogP contribution in [0.1, 0.15) is 32.1 Å². The van der Waals surface area contributed by atoms with Crippen molar-refractivity contribution in [3.63, 3.8) is 0 Å². The van der Waals surface area contributed by atoms with E-state index in [2.05, 4.69) is 0 Å². The molecule has 0 amide bonds. The number of rotatable bonds is 8. The highest BCUT2D eigenvalue weighted by Crippen LogP contribution is 2.05. The van der Waals surface area contributed by atoms with Gasteiger partial charge in [0.05, 0.1) is 12.7 Å². The summed E-state index contributed by atoms with van der Waals surface area (Å²) in [6.07, 6.45) is 6.25. The Morgan fingerprint density at radius 1 is 1.29 bits per heavy atom. The predicted octanol–water partition coefficient (Wildman–Crippen LogP) is 0.931. The van der Waals surface area contributed by atoms with Gasteiger partial charge in [-0.25, -0.2) is 4.79 Å². The zero-order chi connectivity index (χ0) is 10.8. The van der Waals surface area contributed by atoms with Gasteiger partial charge in [-0.15, -0.1) is 0 Å². The number of carboxylic acid groups (broad SMARTS) is 1. The van der Waals surface area contributed by atoms with Crippen LogP contribution in [0.15, 0.2) is 12.2 Å². The van der Waals surface area contributed by atoms with E-state index in [9.17, 15) is 4.79 Å². The first-order valence-corrected chi connectivity index (χ1v) is 4.85. The average Bonchev–Trinajstić information content (AvgIpc) is 2.15. The third-order valence-electron chi connectivity index (χ3n) is 1.88. The molecule has 0 saturated heterocycles. The van der Waals surface area contributed by atoms with Crippen LogP contribution in [0, 0.1) is 0 Å². The smallest absolute Gasteiger partial charge is 0.327 e. The number of allylic oxidation sites excluding steroid dienone is 1. The van der Waals surface area contributed by atoms with Crippen molar-refractivity contribution in [3.8, 4) is 0 Å². The molecule has 1 atom stereocenters. The van der Waals surface area contributed by atoms with Crippen molar-refractivity contribution in [2.75, 3.05) is 6.61 Å². The number of aliphatic hydroxyl groups excluding tert-OH is 2. The zero-order valence-corrected chi connectivity index (χ0v) is 8.22. The molecule has 0 heterocycles. The molecule has 82 valence electrons. The molecule has 3 N–H and O–H groups in total. The summed E-state index contributed by atoms with van der Waals surface area (Å²) in [6, 6.07) is 0. The Hall–Kier alpha value is -0.870. The lowest BCUT2D eigenvalue weighted by Crippen LogP contribution is -2.10. The van der Waals surface area contributed by atoms with Crippen LogP contribution in [0.2, 0.25) is 0 Å². The Bertz CT molecular complexity index is 177. The van der Waals surface area contributed by atoms with Gasteiger partial charge < -0.3 is 15.3 Å². The van der Waals surface area contributed by atoms with E-state index in [1.807, 2.05) is 0 Å². The number of carboxylic acids is 1. The van der Waals surface area contributed by atoms with E-state index in [0.29, 0.717) is 6.42 Å². The highest BCUT2D eigenvalue weighted by atomic mass is 16.4. The zero-order valence-electron chi connectivity index (χ0n) is 8.22. The van der Waals surface area contributed by atoms with Crippen molar-refractivity contribution < 1.29 is 20.1 Å². The van der Waals surface area contributed by atoms with E-state index in [1.54, 1.807) is 6.08 Å². The van der Waals surface area contributed by atoms with Gasteiger partial charge in [0.1, 0.15) is 0 Å². The number of aliphatic hydroxyl groups is 2. The summed E-state index contributed by atoms with van der Waals surface area (Å²) in [5.74, 6) is -0.916. The average molecular weight is 202 g/mol. The summed E-state index contributed by atoms with van der Waals surface area (Å²) in [6.45, 7) is -0.182. The molecule has 0 saturated carbocycles. The van der Waals surface area contributed by atoms with Gasteiger partial charge in [-0.1, -0.05) is 18.9 Å². The van der Waals surface area contributed by atoms with Gasteiger partial charge in [-0.05, 0) is 19.3 Å². The summed E-state index contributed by atoms with van der Waals surface area (Å²) in [7, 11) is 0. The maximum Gasteiger partial charge on any atom is 0.327 e. The monoisotopic (exact) mass is 202 g/mol. The van der Waals surface area contributed by atoms with Crippen molar-refractivity contribution in [2.45, 2.75) is 38.2 Å². The molecule has 0 rings (SSSR count). The van der Waals surface area contributed by atoms with Gasteiger partial charge >= 0.3 is 5.97 Å². The molecule has 0 unspecified atom stereocenters. The van der Waals surface area contributed by atoms with E-state index in [0.717, 1.165) is 31.8 Å². The lowest BCUT2D eigenvalue weighted by Gasteiger charge is -2.05. The van der Waals surface area contributed by atoms with Gasteiger partial charge in [0, 0.05) is 6.08 Å². The number of hydrogen-bond donors (Lipinski definition) is 3. The molecule has 0 aliphatic heterocycles. The quantitative estimate of drug-likeness (QED) is 0.404. The van der Waals surface area contributed by atoms with E-state index < -0.39 is 12.1 Å². The number of hydrogen-bond acceptors (Lipinski definition) is 3. The molecule has 0 aromatic carbocycles. The molecule has 0 radical (unpaired) electrons. The molecule has 0 bridgehead atoms. The normalized spacial score (nSPS) is 13.3. The maximum atomic E-state index is 10.1. The summed E-state index contributed by atoms with van der Waals surface area (Å²) in [5.41, 5.74) is 0. The molecule has 4 heteroatoms. The highest BCUT2D eigenvalue weighted by molar-refractivity contribution is 5.79. The second kappa shape index (κ2) is 8.72. The largest absolute Gasteiger partial charge is 0.478 e. The van der Waals surface area contributed by atoms with Crippen LogP contribution < -0.4 is 0 Å². The van der Waals surface area contributed by atoms with Crippen LogP contribution in [-0.2, 0) is 4.79 Å². The molecule has 0 aliphatic carbocycles. The van der Waals surface area contributed by atoms with Crippen molar-refractivity contribution >= 4 is 5.97 Å². The predicted molar refractivity (Wildman–Crippen MR) is 53.0 cm³/mol. The molecular formula is C10H18O4. The molecule has 0 spiro atoms. The maximum absolute atomic E-state index is 10.1. The Kier molecular flexibility index (Phi) is 8.17. The minimum absolute atomic E-state index is 0.182. The summed E-state index contributed by atoms with van der Waals surface area (Å²) >= 11 is 0. The molecule has 14 heavy (non-hydrogen) atoms. The van der Waals surface area contributed by atoms with Crippen LogP contribution in [0.3, 0.4) is 0 Å². The third kappa shape index (κ3) is 9.22. The lowest BCUT2D eigenvalue weighted by atomic mass is 10.1. The standard InChI is InChI=1S/C10H18O4/c11-8-9(12)6-4-2-1-3-5-7-10(13)14/h5,7,9,11-12H,1-4,6,8H2,(H,13,14)/t9-/m1/s1. The molecule has 0 aliphatic rings. The van der Waals surface area contributed by atoms with Crippen LogP contribution >= 0.6 is 0 Å². The van der Waals surface area contributed by atoms with Gasteiger partial charge in [-0.3, -0.25) is 0 Å². The fraction of sp³-hybridized carbons (Fsp3) is 0.700. The fourth-order valence-corrected chi connectivity index (χ4v) is 1.09. The fourth-order valence-electron chi connectivity index (χ4n) is 1.09. The minimum Gasteiger partial charge on any atom is -0.478 e. The Labute approximate surface area is 83.9 Å². The Morgan fingerprint density at radius 2 is 2.00 bits per heavy atom. The molecule has 0 aromatic rings. The first kappa shape index (κ1) is 13.1. The van der Waals surface area contributed by atoms with E-state index in [4.69, 9.17) is 15.3 Å². The Balaban J connectivity index is 3.18. The van der Waals surface area contributed by atoms with Crippen molar-refractivity contribution in [3.05, 3.63) is 12.2 Å². The van der Waals surface area contributed by atoms with Crippen molar-refractivity contribution in [2.24, 2.45) is 0 Å². The second-order valence-corrected chi connectivity index (χ2v) is 3.22. The first-order valence-electron chi connectivity index (χ1n) is 4.85. The van der Waals surface area contributed by atoms with Crippen molar-refractivity contribution in [1.82, 2.24) is 0 Å². The van der Waals surface area contributed by atoms with Gasteiger partial charge in [0.2, 0.25) is 0 Å². The van der Waals surface area contributed by atoms with Crippen LogP contribution in [0.25, 0.3) is 0 Å². The van der Waals surface area contributed by atoms with Crippen LogP contribution in [-0.4, -0.2) is 34.0 Å². The number of unbranched alkanes of at least 4 members (excludes halogenated alkanes) is 3. The minimum atomic E-state index is -0.916. The number of aliphatic carboxylic acids is 1. The summed E-state index contributed by atoms with van der Waals surface area (Å²) in [4.78, 5) is 10.1. The molecular weight excluding hydrogens is 184 g/mol. The van der Waals surface area contributed by atoms with E-state index >= 15 is 0 Å². The van der Waals surface area contributed by atoms with Gasteiger partial charge in [0.15, 0.2) is 0 Å². The first-order chi connectivity index (χ1) is 6.66. The second-order valence-electron chi connectivity index (χ2n) is 3.22. The molecule has 0 fully saturated rings. The highest BCUT2D eigenvalue weighted by Gasteiger charge is 1.99. The number of carbonyl (C=O) groups is 1. The molecule has 0 aromatic heterocycles. The molecule has 4 nitrogen and oxygen atoms in total. The van der Waals surface area contributed by atoms with Crippen LogP contribution in [0.5, 0.6) is 0 Å². The third-order valence-corrected chi connectivity index (χ3v) is 1.88. The Morgan fingerprint density at radius 3 is 2.57 bits per heavy atom. The summed E-state index contributed by atoms with van der Waals surface area (Å²) in [5, 5.41) is 25.8. The lowest BCUT2D eigenvalue weighted by molar-refractivity contribution is -0.131. The topological polar surface area (TPSA) is 77.8 Å². The van der Waals surface area contributed by atoms with E-state index in [1.165, 1.54) is 0 Å². The summed E-state index contributed by atoms with van der Waals surface area (Å²) < 4.78 is 0. The van der Waals surface area contributed by atoms with E-state index in [-0.39, 0.29) is 6.61 Å². The SMILES string of the molecule is O=C(O)C=CCCCCC[C@@H](O)CO. The van der Waals surface area contributed by atoms with Crippen molar-refractivity contribution in [1.29, 1.82) is 0 Å².